The van der Waals surface area contributed by atoms with Gasteiger partial charge in [0.1, 0.15) is 5.82 Å². The van der Waals surface area contributed by atoms with Gasteiger partial charge in [-0.3, -0.25) is 0 Å². The number of hydrogen-bond acceptors (Lipinski definition) is 1. The first-order valence-corrected chi connectivity index (χ1v) is 7.61. The molecular formula is C17H26FN. The summed E-state index contributed by atoms with van der Waals surface area (Å²) < 4.78 is 14.1. The van der Waals surface area contributed by atoms with Crippen LogP contribution in [0.15, 0.2) is 18.2 Å². The fourth-order valence-corrected chi connectivity index (χ4v) is 3.27. The highest BCUT2D eigenvalue weighted by molar-refractivity contribution is 5.27. The molecule has 0 radical (unpaired) electrons. The number of hydrogen-bond donors (Lipinski definition) is 1. The van der Waals surface area contributed by atoms with Crippen LogP contribution in [-0.4, -0.2) is 6.54 Å². The van der Waals surface area contributed by atoms with E-state index in [0.717, 1.165) is 23.6 Å². The summed E-state index contributed by atoms with van der Waals surface area (Å²) in [5.41, 5.74) is 2.00. The van der Waals surface area contributed by atoms with E-state index in [-0.39, 0.29) is 11.9 Å². The van der Waals surface area contributed by atoms with Gasteiger partial charge < -0.3 is 5.32 Å². The van der Waals surface area contributed by atoms with Crippen LogP contribution in [-0.2, 0) is 0 Å². The Morgan fingerprint density at radius 2 is 1.95 bits per heavy atom. The van der Waals surface area contributed by atoms with E-state index in [1.807, 2.05) is 19.1 Å². The van der Waals surface area contributed by atoms with Crippen molar-refractivity contribution in [1.82, 2.24) is 5.32 Å². The van der Waals surface area contributed by atoms with Gasteiger partial charge in [-0.05, 0) is 44.2 Å². The van der Waals surface area contributed by atoms with Crippen molar-refractivity contribution in [3.63, 3.8) is 0 Å². The SMILES string of the molecule is CCNC(c1cc(C)ccc1F)C1CCC(C)CC1. The maximum atomic E-state index is 14.1. The number of rotatable bonds is 4. The van der Waals surface area contributed by atoms with E-state index < -0.39 is 0 Å². The number of benzene rings is 1. The molecule has 1 N–H and O–H groups in total. The quantitative estimate of drug-likeness (QED) is 0.836. The summed E-state index contributed by atoms with van der Waals surface area (Å²) in [5.74, 6) is 1.35. The second-order valence-corrected chi connectivity index (χ2v) is 6.08. The van der Waals surface area contributed by atoms with E-state index in [0.29, 0.717) is 5.92 Å². The fourth-order valence-electron chi connectivity index (χ4n) is 3.27. The van der Waals surface area contributed by atoms with Crippen molar-refractivity contribution in [2.45, 2.75) is 52.5 Å². The third-order valence-electron chi connectivity index (χ3n) is 4.44. The first kappa shape index (κ1) is 14.5. The van der Waals surface area contributed by atoms with Crippen molar-refractivity contribution in [3.05, 3.63) is 35.1 Å². The maximum absolute atomic E-state index is 14.1. The lowest BCUT2D eigenvalue weighted by atomic mass is 9.77. The van der Waals surface area contributed by atoms with Gasteiger partial charge in [-0.1, -0.05) is 44.4 Å². The molecule has 1 unspecified atom stereocenters. The lowest BCUT2D eigenvalue weighted by Crippen LogP contribution is -2.31. The molecule has 0 aromatic heterocycles. The molecule has 0 spiro atoms. The number of halogens is 1. The van der Waals surface area contributed by atoms with Crippen LogP contribution < -0.4 is 5.32 Å². The molecule has 2 rings (SSSR count). The first-order valence-electron chi connectivity index (χ1n) is 7.61. The van der Waals surface area contributed by atoms with Gasteiger partial charge >= 0.3 is 0 Å². The zero-order chi connectivity index (χ0) is 13.8. The molecule has 1 aliphatic carbocycles. The third-order valence-corrected chi connectivity index (χ3v) is 4.44. The van der Waals surface area contributed by atoms with E-state index in [9.17, 15) is 4.39 Å². The Morgan fingerprint density at radius 3 is 2.58 bits per heavy atom. The smallest absolute Gasteiger partial charge is 0.128 e. The van der Waals surface area contributed by atoms with Gasteiger partial charge in [0.25, 0.3) is 0 Å². The van der Waals surface area contributed by atoms with Crippen molar-refractivity contribution in [2.24, 2.45) is 11.8 Å². The molecule has 0 heterocycles. The second-order valence-electron chi connectivity index (χ2n) is 6.08. The van der Waals surface area contributed by atoms with E-state index in [1.165, 1.54) is 25.7 Å². The molecule has 0 bridgehead atoms. The average molecular weight is 263 g/mol. The molecule has 1 saturated carbocycles. The predicted molar refractivity (Wildman–Crippen MR) is 78.7 cm³/mol. The molecule has 19 heavy (non-hydrogen) atoms. The Bertz CT molecular complexity index is 408. The van der Waals surface area contributed by atoms with Crippen molar-refractivity contribution in [1.29, 1.82) is 0 Å². The van der Waals surface area contributed by atoms with Crippen LogP contribution in [0.4, 0.5) is 4.39 Å². The van der Waals surface area contributed by atoms with Gasteiger partial charge in [-0.15, -0.1) is 0 Å². The Labute approximate surface area is 116 Å². The standard InChI is InChI=1S/C17H26FN/c1-4-19-17(14-8-5-12(2)6-9-14)15-11-13(3)7-10-16(15)18/h7,10-12,14,17,19H,4-6,8-9H2,1-3H3. The van der Waals surface area contributed by atoms with Crippen molar-refractivity contribution in [3.8, 4) is 0 Å². The lowest BCUT2D eigenvalue weighted by Gasteiger charge is -2.33. The molecule has 0 amide bonds. The second kappa shape index (κ2) is 6.51. The van der Waals surface area contributed by atoms with E-state index >= 15 is 0 Å². The van der Waals surface area contributed by atoms with E-state index in [4.69, 9.17) is 0 Å². The molecule has 2 heteroatoms. The number of nitrogens with one attached hydrogen (secondary N) is 1. The molecule has 1 fully saturated rings. The summed E-state index contributed by atoms with van der Waals surface area (Å²) in [5, 5.41) is 3.51. The van der Waals surface area contributed by atoms with Crippen LogP contribution in [0.1, 0.15) is 56.7 Å². The normalized spacial score (nSPS) is 25.3. The van der Waals surface area contributed by atoms with Gasteiger partial charge in [-0.25, -0.2) is 4.39 Å². The maximum Gasteiger partial charge on any atom is 0.128 e. The topological polar surface area (TPSA) is 12.0 Å². The molecule has 1 aromatic rings. The average Bonchev–Trinajstić information content (AvgIpc) is 2.40. The van der Waals surface area contributed by atoms with Gasteiger partial charge in [0.05, 0.1) is 0 Å². The highest BCUT2D eigenvalue weighted by atomic mass is 19.1. The Morgan fingerprint density at radius 1 is 1.26 bits per heavy atom. The summed E-state index contributed by atoms with van der Waals surface area (Å²) in [4.78, 5) is 0. The summed E-state index contributed by atoms with van der Waals surface area (Å²) in [6, 6.07) is 5.66. The molecule has 1 aromatic carbocycles. The summed E-state index contributed by atoms with van der Waals surface area (Å²) >= 11 is 0. The van der Waals surface area contributed by atoms with Crippen molar-refractivity contribution >= 4 is 0 Å². The summed E-state index contributed by atoms with van der Waals surface area (Å²) in [6.45, 7) is 7.36. The van der Waals surface area contributed by atoms with Crippen LogP contribution in [0.3, 0.4) is 0 Å². The Hall–Kier alpha value is -0.890. The van der Waals surface area contributed by atoms with E-state index in [1.54, 1.807) is 6.07 Å². The lowest BCUT2D eigenvalue weighted by molar-refractivity contribution is 0.230. The zero-order valence-electron chi connectivity index (χ0n) is 12.4. The summed E-state index contributed by atoms with van der Waals surface area (Å²) in [7, 11) is 0. The molecule has 1 atom stereocenters. The van der Waals surface area contributed by atoms with Crippen LogP contribution in [0.25, 0.3) is 0 Å². The van der Waals surface area contributed by atoms with Crippen LogP contribution >= 0.6 is 0 Å². The molecule has 0 saturated heterocycles. The van der Waals surface area contributed by atoms with Crippen LogP contribution in [0.5, 0.6) is 0 Å². The molecule has 0 aliphatic heterocycles. The fraction of sp³-hybridized carbons (Fsp3) is 0.647. The van der Waals surface area contributed by atoms with Gasteiger partial charge in [0.15, 0.2) is 0 Å². The highest BCUT2D eigenvalue weighted by Gasteiger charge is 2.28. The molecule has 106 valence electrons. The highest BCUT2D eigenvalue weighted by Crippen LogP contribution is 2.37. The molecule has 1 aliphatic rings. The van der Waals surface area contributed by atoms with E-state index in [2.05, 4.69) is 19.2 Å². The van der Waals surface area contributed by atoms with Gasteiger partial charge in [0.2, 0.25) is 0 Å². The minimum atomic E-state index is -0.0600. The van der Waals surface area contributed by atoms with Crippen molar-refractivity contribution in [2.75, 3.05) is 6.54 Å². The minimum Gasteiger partial charge on any atom is -0.310 e. The largest absolute Gasteiger partial charge is 0.310 e. The first-order chi connectivity index (χ1) is 9.11. The predicted octanol–water partition coefficient (Wildman–Crippen LogP) is 4.61. The molecular weight excluding hydrogens is 237 g/mol. The van der Waals surface area contributed by atoms with Gasteiger partial charge in [-0.2, -0.15) is 0 Å². The zero-order valence-corrected chi connectivity index (χ0v) is 12.4. The third kappa shape index (κ3) is 3.56. The number of aryl methyl sites for hydroxylation is 1. The van der Waals surface area contributed by atoms with Gasteiger partial charge in [0, 0.05) is 11.6 Å². The van der Waals surface area contributed by atoms with Crippen molar-refractivity contribution < 1.29 is 4.39 Å². The minimum absolute atomic E-state index is 0.0600. The van der Waals surface area contributed by atoms with Crippen LogP contribution in [0.2, 0.25) is 0 Å². The Kier molecular flexibility index (Phi) is 4.98. The Balaban J connectivity index is 2.21. The molecule has 1 nitrogen and oxygen atoms in total. The van der Waals surface area contributed by atoms with Crippen LogP contribution in [0, 0.1) is 24.6 Å². The summed E-state index contributed by atoms with van der Waals surface area (Å²) in [6.07, 6.45) is 4.98. The monoisotopic (exact) mass is 263 g/mol.